The molecule has 2 heteroatoms. The van der Waals surface area contributed by atoms with Crippen molar-refractivity contribution in [2.45, 2.75) is 135 Å². The number of ether oxygens (including phenoxy) is 1. The molecule has 2 aliphatic rings. The standard InChI is InChI=1S/C32H51NO/c1-3-5-7-9-10-12-21-32(26-33)22-20-29-24-28(14-15-30(29)25-32)27-16-18-31(19-17-27)34-23-13-11-8-6-4-2/h16-19,28-30H,3-15,20-25H2,1-2H3. The molecule has 2 aliphatic carbocycles. The highest BCUT2D eigenvalue weighted by Crippen LogP contribution is 2.53. The van der Waals surface area contributed by atoms with Crippen LogP contribution in [-0.4, -0.2) is 6.61 Å². The van der Waals surface area contributed by atoms with E-state index in [9.17, 15) is 5.26 Å². The Hall–Kier alpha value is -1.49. The predicted octanol–water partition coefficient (Wildman–Crippen LogP) is 9.98. The van der Waals surface area contributed by atoms with Crippen molar-refractivity contribution in [2.24, 2.45) is 17.3 Å². The lowest BCUT2D eigenvalue weighted by Crippen LogP contribution is -2.36. The van der Waals surface area contributed by atoms with Gasteiger partial charge in [0.25, 0.3) is 0 Å². The molecule has 0 saturated heterocycles. The SMILES string of the molecule is CCCCCCCCC1(C#N)CCC2CC(c3ccc(OCCCCCCC)cc3)CCC2C1. The van der Waals surface area contributed by atoms with E-state index in [1.165, 1.54) is 102 Å². The van der Waals surface area contributed by atoms with Crippen molar-refractivity contribution in [1.29, 1.82) is 5.26 Å². The van der Waals surface area contributed by atoms with Gasteiger partial charge in [0.2, 0.25) is 0 Å². The smallest absolute Gasteiger partial charge is 0.119 e. The minimum Gasteiger partial charge on any atom is -0.494 e. The Morgan fingerprint density at radius 1 is 0.824 bits per heavy atom. The van der Waals surface area contributed by atoms with E-state index >= 15 is 0 Å². The monoisotopic (exact) mass is 465 g/mol. The van der Waals surface area contributed by atoms with Crippen LogP contribution in [0.25, 0.3) is 0 Å². The van der Waals surface area contributed by atoms with Crippen molar-refractivity contribution in [3.05, 3.63) is 29.8 Å². The highest BCUT2D eigenvalue weighted by molar-refractivity contribution is 5.30. The second-order valence-corrected chi connectivity index (χ2v) is 11.5. The Kier molecular flexibility index (Phi) is 11.8. The summed E-state index contributed by atoms with van der Waals surface area (Å²) in [6, 6.07) is 11.8. The summed E-state index contributed by atoms with van der Waals surface area (Å²) in [7, 11) is 0. The molecule has 3 rings (SSSR count). The van der Waals surface area contributed by atoms with E-state index in [2.05, 4.69) is 44.2 Å². The summed E-state index contributed by atoms with van der Waals surface area (Å²) < 4.78 is 5.98. The molecule has 0 amide bonds. The van der Waals surface area contributed by atoms with Gasteiger partial charge in [0.05, 0.1) is 18.1 Å². The van der Waals surface area contributed by atoms with Gasteiger partial charge in [-0.25, -0.2) is 0 Å². The fourth-order valence-electron chi connectivity index (χ4n) is 6.68. The van der Waals surface area contributed by atoms with Crippen molar-refractivity contribution >= 4 is 0 Å². The molecule has 4 atom stereocenters. The Bertz CT molecular complexity index is 720. The van der Waals surface area contributed by atoms with E-state index in [1.54, 1.807) is 0 Å². The third-order valence-electron chi connectivity index (χ3n) is 8.90. The number of hydrogen-bond donors (Lipinski definition) is 0. The van der Waals surface area contributed by atoms with Crippen LogP contribution in [0.1, 0.15) is 141 Å². The quantitative estimate of drug-likeness (QED) is 0.241. The van der Waals surface area contributed by atoms with Gasteiger partial charge in [-0.1, -0.05) is 90.2 Å². The fraction of sp³-hybridized carbons (Fsp3) is 0.781. The van der Waals surface area contributed by atoms with Crippen LogP contribution in [0.2, 0.25) is 0 Å². The first-order valence-electron chi connectivity index (χ1n) is 14.8. The molecule has 2 saturated carbocycles. The fourth-order valence-corrected chi connectivity index (χ4v) is 6.68. The normalized spacial score (nSPS) is 26.6. The van der Waals surface area contributed by atoms with Gasteiger partial charge in [-0.05, 0) is 86.8 Å². The Morgan fingerprint density at radius 3 is 2.21 bits per heavy atom. The molecule has 0 bridgehead atoms. The van der Waals surface area contributed by atoms with Crippen LogP contribution in [0.5, 0.6) is 5.75 Å². The Labute approximate surface area is 210 Å². The average molecular weight is 466 g/mol. The highest BCUT2D eigenvalue weighted by atomic mass is 16.5. The lowest BCUT2D eigenvalue weighted by molar-refractivity contribution is 0.0784. The van der Waals surface area contributed by atoms with Crippen molar-refractivity contribution in [3.63, 3.8) is 0 Å². The van der Waals surface area contributed by atoms with Crippen LogP contribution in [0, 0.1) is 28.6 Å². The molecule has 0 aromatic heterocycles. The number of unbranched alkanes of at least 4 members (excludes halogenated alkanes) is 9. The molecule has 0 N–H and O–H groups in total. The molecule has 0 heterocycles. The van der Waals surface area contributed by atoms with Gasteiger partial charge < -0.3 is 4.74 Å². The maximum atomic E-state index is 10.1. The summed E-state index contributed by atoms with van der Waals surface area (Å²) >= 11 is 0. The van der Waals surface area contributed by atoms with E-state index in [0.29, 0.717) is 5.92 Å². The first-order valence-corrected chi connectivity index (χ1v) is 14.8. The molecule has 0 spiro atoms. The highest BCUT2D eigenvalue weighted by Gasteiger charge is 2.43. The molecule has 1 aromatic rings. The zero-order valence-corrected chi connectivity index (χ0v) is 22.3. The first kappa shape index (κ1) is 27.1. The van der Waals surface area contributed by atoms with Gasteiger partial charge in [-0.3, -0.25) is 0 Å². The van der Waals surface area contributed by atoms with Crippen LogP contribution in [0.15, 0.2) is 24.3 Å². The van der Waals surface area contributed by atoms with E-state index < -0.39 is 0 Å². The summed E-state index contributed by atoms with van der Waals surface area (Å²) in [5.41, 5.74) is 1.48. The van der Waals surface area contributed by atoms with Crippen LogP contribution in [0.3, 0.4) is 0 Å². The van der Waals surface area contributed by atoms with E-state index in [4.69, 9.17) is 4.74 Å². The number of hydrogen-bond acceptors (Lipinski definition) is 2. The van der Waals surface area contributed by atoms with Gasteiger partial charge >= 0.3 is 0 Å². The molecule has 2 nitrogen and oxygen atoms in total. The van der Waals surface area contributed by atoms with Gasteiger partial charge in [0, 0.05) is 0 Å². The van der Waals surface area contributed by atoms with E-state index in [0.717, 1.165) is 43.5 Å². The van der Waals surface area contributed by atoms with E-state index in [-0.39, 0.29) is 5.41 Å². The predicted molar refractivity (Wildman–Crippen MR) is 144 cm³/mol. The minimum atomic E-state index is -0.0196. The third-order valence-corrected chi connectivity index (χ3v) is 8.90. The third kappa shape index (κ3) is 8.32. The van der Waals surface area contributed by atoms with Crippen LogP contribution in [0.4, 0.5) is 0 Å². The van der Waals surface area contributed by atoms with Gasteiger partial charge in [0.15, 0.2) is 0 Å². The Balaban J connectivity index is 1.41. The molecule has 4 unspecified atom stereocenters. The van der Waals surface area contributed by atoms with Gasteiger partial charge in [-0.15, -0.1) is 0 Å². The van der Waals surface area contributed by atoms with Crippen molar-refractivity contribution in [3.8, 4) is 11.8 Å². The molecule has 2 fully saturated rings. The van der Waals surface area contributed by atoms with E-state index in [1.807, 2.05) is 0 Å². The topological polar surface area (TPSA) is 33.0 Å². The maximum absolute atomic E-state index is 10.1. The second-order valence-electron chi connectivity index (χ2n) is 11.5. The summed E-state index contributed by atoms with van der Waals surface area (Å²) in [4.78, 5) is 0. The molecule has 0 aliphatic heterocycles. The molecule has 190 valence electrons. The van der Waals surface area contributed by atoms with Crippen LogP contribution < -0.4 is 4.74 Å². The average Bonchev–Trinajstić information content (AvgIpc) is 2.88. The van der Waals surface area contributed by atoms with Crippen molar-refractivity contribution < 1.29 is 4.74 Å². The van der Waals surface area contributed by atoms with Crippen LogP contribution in [-0.2, 0) is 0 Å². The summed E-state index contributed by atoms with van der Waals surface area (Å²) in [5.74, 6) is 3.32. The number of nitriles is 1. The van der Waals surface area contributed by atoms with Crippen LogP contribution >= 0.6 is 0 Å². The first-order chi connectivity index (χ1) is 16.7. The second kappa shape index (κ2) is 14.8. The zero-order chi connectivity index (χ0) is 24.1. The van der Waals surface area contributed by atoms with Gasteiger partial charge in [0.1, 0.15) is 5.75 Å². The number of benzene rings is 1. The van der Waals surface area contributed by atoms with Crippen molar-refractivity contribution in [2.75, 3.05) is 6.61 Å². The number of nitrogens with zero attached hydrogens (tertiary/aromatic N) is 1. The lowest BCUT2D eigenvalue weighted by atomic mass is 9.58. The summed E-state index contributed by atoms with van der Waals surface area (Å²) in [6.45, 7) is 5.38. The van der Waals surface area contributed by atoms with Gasteiger partial charge in [-0.2, -0.15) is 5.26 Å². The Morgan fingerprint density at radius 2 is 1.50 bits per heavy atom. The number of rotatable bonds is 15. The lowest BCUT2D eigenvalue weighted by Gasteiger charge is -2.45. The molecule has 34 heavy (non-hydrogen) atoms. The summed E-state index contributed by atoms with van der Waals surface area (Å²) in [6.07, 6.45) is 23.0. The number of fused-ring (bicyclic) bond motifs is 1. The molecular formula is C32H51NO. The zero-order valence-electron chi connectivity index (χ0n) is 22.3. The largest absolute Gasteiger partial charge is 0.494 e. The minimum absolute atomic E-state index is 0.0196. The molecular weight excluding hydrogens is 414 g/mol. The molecule has 1 aromatic carbocycles. The maximum Gasteiger partial charge on any atom is 0.119 e. The van der Waals surface area contributed by atoms with Crippen molar-refractivity contribution in [1.82, 2.24) is 0 Å². The molecule has 0 radical (unpaired) electrons. The summed E-state index contributed by atoms with van der Waals surface area (Å²) in [5, 5.41) is 10.1.